The van der Waals surface area contributed by atoms with E-state index in [4.69, 9.17) is 0 Å². The van der Waals surface area contributed by atoms with E-state index in [2.05, 4.69) is 4.74 Å². The highest BCUT2D eigenvalue weighted by molar-refractivity contribution is 7.90. The van der Waals surface area contributed by atoms with E-state index < -0.39 is 56.6 Å². The predicted octanol–water partition coefficient (Wildman–Crippen LogP) is 2.21. The molecule has 2 rings (SSSR count). The molecule has 1 aromatic rings. The number of urea groups is 1. The highest BCUT2D eigenvalue weighted by Gasteiger charge is 2.96. The summed E-state index contributed by atoms with van der Waals surface area (Å²) < 4.78 is 147. The molecular weight excluding hydrogens is 493 g/mol. The summed E-state index contributed by atoms with van der Waals surface area (Å²) in [6, 6.07) is 2.60. The smallest absolute Gasteiger partial charge is 0.266 e. The van der Waals surface area contributed by atoms with Gasteiger partial charge in [-0.1, -0.05) is 17.7 Å². The number of hydrazine groups is 1. The van der Waals surface area contributed by atoms with E-state index in [1.807, 2.05) is 0 Å². The summed E-state index contributed by atoms with van der Waals surface area (Å²) in [5.41, 5.74) is 2.03. The van der Waals surface area contributed by atoms with Crippen molar-refractivity contribution in [2.24, 2.45) is 0 Å². The van der Waals surface area contributed by atoms with Crippen molar-refractivity contribution in [1.29, 1.82) is 0 Å². The van der Waals surface area contributed by atoms with Crippen molar-refractivity contribution >= 4 is 22.0 Å². The fraction of sp³-hybridized carbons (Fsp3) is 0.429. The summed E-state index contributed by atoms with van der Waals surface area (Å²) in [5, 5.41) is 0. The molecule has 1 aliphatic rings. The van der Waals surface area contributed by atoms with Gasteiger partial charge in [0.25, 0.3) is 10.0 Å². The van der Waals surface area contributed by atoms with Crippen LogP contribution in [0.4, 0.5) is 44.3 Å². The Kier molecular flexibility index (Phi) is 5.89. The normalized spacial score (nSPS) is 23.9. The molecule has 1 saturated heterocycles. The number of nitrogens with one attached hydrogen (secondary N) is 3. The second-order valence-corrected chi connectivity index (χ2v) is 7.95. The topological polar surface area (TPSA) is 114 Å². The molecule has 0 spiro atoms. The molecule has 1 heterocycles. The number of carbonyl (C=O) groups is 2. The van der Waals surface area contributed by atoms with E-state index in [-0.39, 0.29) is 0 Å². The molecular formula is C14H10F9N3O5S. The van der Waals surface area contributed by atoms with Crippen LogP contribution < -0.4 is 15.6 Å². The summed E-state index contributed by atoms with van der Waals surface area (Å²) in [6.07, 6.45) is -6.44. The zero-order valence-electron chi connectivity index (χ0n) is 15.2. The Morgan fingerprint density at radius 3 is 1.84 bits per heavy atom. The lowest BCUT2D eigenvalue weighted by molar-refractivity contribution is -0.367. The van der Waals surface area contributed by atoms with Crippen LogP contribution >= 0.6 is 0 Å². The van der Waals surface area contributed by atoms with Gasteiger partial charge < -0.3 is 0 Å². The van der Waals surface area contributed by atoms with Gasteiger partial charge in [-0.15, -0.1) is 0 Å². The molecule has 0 saturated carbocycles. The Morgan fingerprint density at radius 2 is 1.41 bits per heavy atom. The van der Waals surface area contributed by atoms with Crippen LogP contribution in [0.25, 0.3) is 0 Å². The summed E-state index contributed by atoms with van der Waals surface area (Å²) in [5.74, 6) is -30.0. The van der Waals surface area contributed by atoms with Gasteiger partial charge in [0.1, 0.15) is 0 Å². The number of hydrogen-bond donors (Lipinski definition) is 3. The highest BCUT2D eigenvalue weighted by Crippen LogP contribution is 2.64. The average molecular weight is 503 g/mol. The lowest BCUT2D eigenvalue weighted by atomic mass is 9.99. The number of carbonyl (C=O) groups excluding carboxylic acids is 2. The van der Waals surface area contributed by atoms with Gasteiger partial charge >= 0.3 is 41.7 Å². The molecule has 0 aliphatic carbocycles. The van der Waals surface area contributed by atoms with Crippen molar-refractivity contribution in [2.75, 3.05) is 0 Å². The summed E-state index contributed by atoms with van der Waals surface area (Å²) in [7, 11) is -4.65. The van der Waals surface area contributed by atoms with Crippen LogP contribution in [0.2, 0.25) is 0 Å². The second kappa shape index (κ2) is 7.39. The van der Waals surface area contributed by atoms with Crippen molar-refractivity contribution in [3.05, 3.63) is 29.8 Å². The number of benzene rings is 1. The molecule has 3 N–H and O–H groups in total. The quantitative estimate of drug-likeness (QED) is 0.431. The molecule has 1 atom stereocenters. The number of rotatable bonds is 4. The van der Waals surface area contributed by atoms with Crippen molar-refractivity contribution in [3.8, 4) is 0 Å². The lowest BCUT2D eigenvalue weighted by Gasteiger charge is -2.31. The second-order valence-electron chi connectivity index (χ2n) is 6.26. The highest BCUT2D eigenvalue weighted by atomic mass is 32.2. The predicted molar refractivity (Wildman–Crippen MR) is 82.9 cm³/mol. The average Bonchev–Trinajstić information content (AvgIpc) is 2.74. The van der Waals surface area contributed by atoms with Crippen LogP contribution in [0, 0.1) is 6.92 Å². The first kappa shape index (κ1) is 25.5. The number of amides is 3. The SMILES string of the molecule is Cc1ccc(S(=O)(=O)NC(=O)NNC(=O)C(F)(F)[C@]2(F)OC(F)(F)C(F)(F)C2(F)F)cc1. The van der Waals surface area contributed by atoms with Gasteiger partial charge in [0.2, 0.25) is 0 Å². The third-order valence-corrected chi connectivity index (χ3v) is 5.32. The van der Waals surface area contributed by atoms with Gasteiger partial charge in [-0.3, -0.25) is 15.0 Å². The fourth-order valence-corrected chi connectivity index (χ4v) is 3.12. The van der Waals surface area contributed by atoms with Gasteiger partial charge in [0, 0.05) is 0 Å². The van der Waals surface area contributed by atoms with Crippen LogP contribution in [-0.4, -0.2) is 50.1 Å². The maximum Gasteiger partial charge on any atom is 0.428 e. The Labute approximate surface area is 172 Å². The van der Waals surface area contributed by atoms with Crippen LogP contribution in [0.5, 0.6) is 0 Å². The molecule has 32 heavy (non-hydrogen) atoms. The molecule has 1 fully saturated rings. The summed E-state index contributed by atoms with van der Waals surface area (Å²) in [6.45, 7) is 1.58. The molecule has 0 aromatic heterocycles. The third kappa shape index (κ3) is 3.70. The van der Waals surface area contributed by atoms with Gasteiger partial charge in [0.05, 0.1) is 4.90 Å². The number of halogens is 9. The molecule has 18 heteroatoms. The monoisotopic (exact) mass is 503 g/mol. The maximum atomic E-state index is 14.0. The van der Waals surface area contributed by atoms with E-state index in [0.29, 0.717) is 11.0 Å². The number of aryl methyl sites for hydroxylation is 1. The molecule has 0 radical (unpaired) electrons. The minimum atomic E-state index is -6.92. The van der Waals surface area contributed by atoms with Crippen molar-refractivity contribution < 1.29 is 62.3 Å². The Balaban J connectivity index is 2.15. The van der Waals surface area contributed by atoms with E-state index in [1.165, 1.54) is 16.9 Å². The molecule has 0 bridgehead atoms. The standard InChI is InChI=1S/C14H10F9N3O5S/c1-6-2-4-7(5-3-6)32(29,30)26-9(28)25-24-8(27)10(15,16)13(21)11(17,18)12(19,20)14(22,23)31-13/h2-5H,1H3,(H,24,27)(H2,25,26,28)/t13-/m0/s1. The first-order valence-corrected chi connectivity index (χ1v) is 9.31. The number of hydrogen-bond acceptors (Lipinski definition) is 5. The molecule has 8 nitrogen and oxygen atoms in total. The van der Waals surface area contributed by atoms with E-state index >= 15 is 0 Å². The van der Waals surface area contributed by atoms with Gasteiger partial charge in [-0.25, -0.2) is 23.4 Å². The van der Waals surface area contributed by atoms with E-state index in [9.17, 15) is 57.5 Å². The minimum absolute atomic E-state index is 0.527. The molecule has 0 unspecified atom stereocenters. The molecule has 1 aliphatic heterocycles. The van der Waals surface area contributed by atoms with Crippen molar-refractivity contribution in [2.45, 2.75) is 41.6 Å². The van der Waals surface area contributed by atoms with Crippen molar-refractivity contribution in [1.82, 2.24) is 15.6 Å². The Hall–Kier alpha value is -2.76. The molecule has 3 amide bonds. The number of ether oxygens (including phenoxy) is 1. The van der Waals surface area contributed by atoms with Gasteiger partial charge in [-0.2, -0.15) is 39.5 Å². The van der Waals surface area contributed by atoms with Crippen LogP contribution in [0.1, 0.15) is 5.56 Å². The summed E-state index contributed by atoms with van der Waals surface area (Å²) >= 11 is 0. The Bertz CT molecular complexity index is 1030. The van der Waals surface area contributed by atoms with Crippen molar-refractivity contribution in [3.63, 3.8) is 0 Å². The van der Waals surface area contributed by atoms with Crippen LogP contribution in [0.3, 0.4) is 0 Å². The number of sulfonamides is 1. The summed E-state index contributed by atoms with van der Waals surface area (Å²) in [4.78, 5) is 22.3. The number of alkyl halides is 9. The fourth-order valence-electron chi connectivity index (χ4n) is 2.21. The molecule has 1 aromatic carbocycles. The Morgan fingerprint density at radius 1 is 0.906 bits per heavy atom. The minimum Gasteiger partial charge on any atom is -0.266 e. The zero-order chi connectivity index (χ0) is 25.0. The van der Waals surface area contributed by atoms with E-state index in [0.717, 1.165) is 17.6 Å². The van der Waals surface area contributed by atoms with Crippen LogP contribution in [-0.2, 0) is 19.6 Å². The first-order valence-electron chi connectivity index (χ1n) is 7.83. The first-order chi connectivity index (χ1) is 14.2. The third-order valence-electron chi connectivity index (χ3n) is 3.97. The van der Waals surface area contributed by atoms with Crippen LogP contribution in [0.15, 0.2) is 29.2 Å². The van der Waals surface area contributed by atoms with Gasteiger partial charge in [-0.05, 0) is 19.1 Å². The lowest BCUT2D eigenvalue weighted by Crippen LogP contribution is -2.66. The maximum absolute atomic E-state index is 14.0. The van der Waals surface area contributed by atoms with E-state index in [1.54, 1.807) is 6.92 Å². The van der Waals surface area contributed by atoms with Gasteiger partial charge in [0.15, 0.2) is 0 Å². The largest absolute Gasteiger partial charge is 0.428 e. The zero-order valence-corrected chi connectivity index (χ0v) is 16.0. The molecule has 180 valence electrons.